The molecule has 182 valence electrons. The smallest absolute Gasteiger partial charge is 0.475 e. The van der Waals surface area contributed by atoms with E-state index in [0.717, 1.165) is 49.5 Å². The topological polar surface area (TPSA) is 87.5 Å². The number of piperazine rings is 1. The zero-order valence-corrected chi connectivity index (χ0v) is 18.8. The van der Waals surface area contributed by atoms with Gasteiger partial charge in [0.25, 0.3) is 5.56 Å². The van der Waals surface area contributed by atoms with Gasteiger partial charge in [-0.1, -0.05) is 49.4 Å². The average molecular weight is 476 g/mol. The van der Waals surface area contributed by atoms with E-state index in [0.29, 0.717) is 11.9 Å². The van der Waals surface area contributed by atoms with Gasteiger partial charge in [0.2, 0.25) is 0 Å². The van der Waals surface area contributed by atoms with Crippen molar-refractivity contribution in [3.8, 4) is 0 Å². The van der Waals surface area contributed by atoms with Crippen molar-refractivity contribution in [2.45, 2.75) is 32.1 Å². The molecule has 7 nitrogen and oxygen atoms in total. The number of rotatable bonds is 5. The van der Waals surface area contributed by atoms with Crippen molar-refractivity contribution < 1.29 is 23.1 Å². The first-order valence-corrected chi connectivity index (χ1v) is 11.0. The normalized spacial score (nSPS) is 15.4. The summed E-state index contributed by atoms with van der Waals surface area (Å²) in [5.41, 5.74) is 1.96. The largest absolute Gasteiger partial charge is 0.490 e. The van der Waals surface area contributed by atoms with Crippen LogP contribution in [-0.4, -0.2) is 57.9 Å². The number of aromatic nitrogens is 2. The van der Waals surface area contributed by atoms with Crippen LogP contribution in [0.4, 0.5) is 13.2 Å². The molecule has 1 fully saturated rings. The third-order valence-electron chi connectivity index (χ3n) is 5.59. The molecule has 0 radical (unpaired) electrons. The van der Waals surface area contributed by atoms with E-state index in [1.54, 1.807) is 0 Å². The van der Waals surface area contributed by atoms with Crippen molar-refractivity contribution in [2.24, 2.45) is 0 Å². The molecule has 1 unspecified atom stereocenters. The number of carboxylic acids is 1. The fourth-order valence-corrected chi connectivity index (χ4v) is 3.96. The zero-order chi connectivity index (χ0) is 24.7. The van der Waals surface area contributed by atoms with Crippen molar-refractivity contribution >= 4 is 16.9 Å². The van der Waals surface area contributed by atoms with Gasteiger partial charge in [0.15, 0.2) is 0 Å². The first kappa shape index (κ1) is 25.4. The van der Waals surface area contributed by atoms with Gasteiger partial charge in [0, 0.05) is 26.2 Å². The lowest BCUT2D eigenvalue weighted by molar-refractivity contribution is -0.192. The minimum atomic E-state index is -5.08. The molecule has 0 aliphatic carbocycles. The minimum Gasteiger partial charge on any atom is -0.475 e. The molecule has 10 heteroatoms. The number of carboxylic acid groups (broad SMARTS) is 1. The van der Waals surface area contributed by atoms with Gasteiger partial charge in [-0.3, -0.25) is 14.3 Å². The van der Waals surface area contributed by atoms with Crippen LogP contribution in [0.5, 0.6) is 0 Å². The minimum absolute atomic E-state index is 0.0491. The predicted octanol–water partition coefficient (Wildman–Crippen LogP) is 3.43. The molecule has 34 heavy (non-hydrogen) atoms. The van der Waals surface area contributed by atoms with E-state index in [4.69, 9.17) is 14.9 Å². The van der Waals surface area contributed by atoms with Gasteiger partial charge < -0.3 is 10.4 Å². The van der Waals surface area contributed by atoms with Gasteiger partial charge in [0.1, 0.15) is 5.82 Å². The summed E-state index contributed by atoms with van der Waals surface area (Å²) in [7, 11) is 0. The van der Waals surface area contributed by atoms with Crippen LogP contribution in [0.2, 0.25) is 0 Å². The Balaban J connectivity index is 0.000000406. The quantitative estimate of drug-likeness (QED) is 0.587. The first-order valence-electron chi connectivity index (χ1n) is 11.0. The Hall–Kier alpha value is -3.24. The van der Waals surface area contributed by atoms with Crippen LogP contribution in [0.25, 0.3) is 10.9 Å². The highest BCUT2D eigenvalue weighted by atomic mass is 19.4. The van der Waals surface area contributed by atoms with Crippen LogP contribution in [-0.2, 0) is 11.3 Å². The summed E-state index contributed by atoms with van der Waals surface area (Å²) in [5.74, 6) is -1.88. The predicted molar refractivity (Wildman–Crippen MR) is 123 cm³/mol. The molecule has 2 N–H and O–H groups in total. The molecule has 0 bridgehead atoms. The van der Waals surface area contributed by atoms with E-state index in [9.17, 15) is 18.0 Å². The van der Waals surface area contributed by atoms with Crippen LogP contribution in [0.15, 0.2) is 59.4 Å². The van der Waals surface area contributed by atoms with Crippen molar-refractivity contribution in [3.63, 3.8) is 0 Å². The molecule has 2 aromatic carbocycles. The number of hydrogen-bond donors (Lipinski definition) is 2. The van der Waals surface area contributed by atoms with Crippen LogP contribution in [0.1, 0.15) is 30.8 Å². The maximum Gasteiger partial charge on any atom is 0.490 e. The number of para-hydroxylation sites is 1. The van der Waals surface area contributed by atoms with Gasteiger partial charge in [-0.25, -0.2) is 9.78 Å². The van der Waals surface area contributed by atoms with E-state index in [1.165, 1.54) is 0 Å². The molecule has 1 saturated heterocycles. The summed E-state index contributed by atoms with van der Waals surface area (Å²) in [6.45, 7) is 6.65. The maximum absolute atomic E-state index is 13.3. The first-order chi connectivity index (χ1) is 16.2. The maximum atomic E-state index is 13.3. The molecule has 2 heterocycles. The summed E-state index contributed by atoms with van der Waals surface area (Å²) in [5, 5.41) is 11.2. The molecule has 0 saturated carbocycles. The van der Waals surface area contributed by atoms with E-state index in [-0.39, 0.29) is 11.6 Å². The molecular weight excluding hydrogens is 449 g/mol. The molecule has 3 aromatic rings. The Bertz CT molecular complexity index is 1160. The third-order valence-corrected chi connectivity index (χ3v) is 5.59. The number of hydrogen-bond acceptors (Lipinski definition) is 5. The Morgan fingerprint density at radius 2 is 1.68 bits per heavy atom. The van der Waals surface area contributed by atoms with Crippen molar-refractivity contribution in [1.82, 2.24) is 19.8 Å². The van der Waals surface area contributed by atoms with E-state index in [2.05, 4.69) is 29.3 Å². The number of carbonyl (C=O) groups is 1. The number of nitrogens with one attached hydrogen (secondary N) is 1. The second kappa shape index (κ2) is 11.3. The number of fused-ring (bicyclic) bond motifs is 1. The molecule has 1 aromatic heterocycles. The second-order valence-electron chi connectivity index (χ2n) is 7.88. The van der Waals surface area contributed by atoms with E-state index < -0.39 is 12.1 Å². The van der Waals surface area contributed by atoms with Crippen molar-refractivity contribution in [3.05, 3.63) is 76.3 Å². The number of halogens is 3. The molecule has 1 atom stereocenters. The summed E-state index contributed by atoms with van der Waals surface area (Å²) < 4.78 is 33.6. The fraction of sp³-hybridized carbons (Fsp3) is 0.375. The molecule has 0 spiro atoms. The highest BCUT2D eigenvalue weighted by molar-refractivity contribution is 5.77. The van der Waals surface area contributed by atoms with Gasteiger partial charge in [0.05, 0.1) is 23.5 Å². The summed E-state index contributed by atoms with van der Waals surface area (Å²) in [4.78, 5) is 29.7. The Kier molecular flexibility index (Phi) is 8.41. The van der Waals surface area contributed by atoms with E-state index >= 15 is 0 Å². The summed E-state index contributed by atoms with van der Waals surface area (Å²) in [6, 6.07) is 18.0. The zero-order valence-electron chi connectivity index (χ0n) is 18.8. The molecule has 1 aliphatic heterocycles. The lowest BCUT2D eigenvalue weighted by Gasteiger charge is -2.35. The van der Waals surface area contributed by atoms with Gasteiger partial charge in [-0.15, -0.1) is 0 Å². The molecule has 1 aliphatic rings. The number of alkyl halides is 3. The Labute approximate surface area is 194 Å². The van der Waals surface area contributed by atoms with Crippen LogP contribution in [0.3, 0.4) is 0 Å². The number of nitrogens with zero attached hydrogens (tertiary/aromatic N) is 3. The molecule has 0 amide bonds. The average Bonchev–Trinajstić information content (AvgIpc) is 2.83. The number of benzene rings is 2. The Morgan fingerprint density at radius 1 is 1.09 bits per heavy atom. The van der Waals surface area contributed by atoms with Crippen LogP contribution in [0, 0.1) is 0 Å². The SMILES string of the molecule is CCC(c1nc2ccccc2c(=O)n1Cc1ccccc1)N1CCNCC1.O=C(O)C(F)(F)F. The summed E-state index contributed by atoms with van der Waals surface area (Å²) >= 11 is 0. The number of aliphatic carboxylic acids is 1. The summed E-state index contributed by atoms with van der Waals surface area (Å²) in [6.07, 6.45) is -4.15. The fourth-order valence-electron chi connectivity index (χ4n) is 3.96. The van der Waals surface area contributed by atoms with Crippen LogP contribution >= 0.6 is 0 Å². The second-order valence-corrected chi connectivity index (χ2v) is 7.88. The highest BCUT2D eigenvalue weighted by Gasteiger charge is 2.38. The molecular formula is C24H27F3N4O3. The van der Waals surface area contributed by atoms with Gasteiger partial charge >= 0.3 is 12.1 Å². The van der Waals surface area contributed by atoms with Gasteiger partial charge in [-0.05, 0) is 24.1 Å². The van der Waals surface area contributed by atoms with Crippen LogP contribution < -0.4 is 10.9 Å². The van der Waals surface area contributed by atoms with Crippen molar-refractivity contribution in [1.29, 1.82) is 0 Å². The lowest BCUT2D eigenvalue weighted by Crippen LogP contribution is -2.46. The van der Waals surface area contributed by atoms with E-state index in [1.807, 2.05) is 47.0 Å². The molecule has 4 rings (SSSR count). The van der Waals surface area contributed by atoms with Gasteiger partial charge in [-0.2, -0.15) is 13.2 Å². The monoisotopic (exact) mass is 476 g/mol. The third kappa shape index (κ3) is 6.21. The highest BCUT2D eigenvalue weighted by Crippen LogP contribution is 2.24. The Morgan fingerprint density at radius 3 is 2.26 bits per heavy atom. The van der Waals surface area contributed by atoms with Crippen molar-refractivity contribution in [2.75, 3.05) is 26.2 Å². The lowest BCUT2D eigenvalue weighted by atomic mass is 10.1. The standard InChI is InChI=1S/C22H26N4O.C2HF3O2/c1-2-20(25-14-12-23-13-15-25)21-24-19-11-7-6-10-18(19)22(27)26(21)16-17-8-4-3-5-9-17;3-2(4,5)1(6)7/h3-11,20,23H,2,12-16H2,1H3;(H,6,7).